The topological polar surface area (TPSA) is 120 Å². The van der Waals surface area contributed by atoms with Crippen LogP contribution in [-0.2, 0) is 10.0 Å². The number of sulfonamides is 1. The summed E-state index contributed by atoms with van der Waals surface area (Å²) in [6, 6.07) is 13.3. The van der Waals surface area contributed by atoms with Crippen molar-refractivity contribution < 1.29 is 17.9 Å². The lowest BCUT2D eigenvalue weighted by molar-refractivity contribution is 0.297. The Bertz CT molecular complexity index is 1420. The van der Waals surface area contributed by atoms with Crippen molar-refractivity contribution in [2.45, 2.75) is 18.2 Å². The number of aryl methyl sites for hydroxylation is 1. The van der Waals surface area contributed by atoms with Crippen LogP contribution in [0, 0.1) is 6.92 Å². The summed E-state index contributed by atoms with van der Waals surface area (Å²) >= 11 is 0. The maximum absolute atomic E-state index is 12.9. The molecule has 1 aliphatic heterocycles. The molecule has 0 spiro atoms. The van der Waals surface area contributed by atoms with Crippen molar-refractivity contribution >= 4 is 27.2 Å². The molecule has 1 aliphatic rings. The molecule has 0 fully saturated rings. The Labute approximate surface area is 196 Å². The fraction of sp³-hybridized carbons (Fsp3) is 0.174. The van der Waals surface area contributed by atoms with Crippen molar-refractivity contribution in [3.05, 3.63) is 73.1 Å². The van der Waals surface area contributed by atoms with Crippen LogP contribution in [0.1, 0.15) is 12.2 Å². The van der Waals surface area contributed by atoms with Crippen LogP contribution in [0.3, 0.4) is 0 Å². The van der Waals surface area contributed by atoms with Crippen LogP contribution in [0.25, 0.3) is 5.82 Å². The lowest BCUT2D eigenvalue weighted by Gasteiger charge is -2.12. The first-order valence-corrected chi connectivity index (χ1v) is 12.1. The third-order valence-corrected chi connectivity index (χ3v) is 6.54. The average Bonchev–Trinajstić information content (AvgIpc) is 3.12. The van der Waals surface area contributed by atoms with E-state index in [0.29, 0.717) is 42.0 Å². The van der Waals surface area contributed by atoms with Gasteiger partial charge in [-0.3, -0.25) is 9.29 Å². The Morgan fingerprint density at radius 1 is 0.912 bits per heavy atom. The second-order valence-corrected chi connectivity index (χ2v) is 9.26. The zero-order valence-corrected chi connectivity index (χ0v) is 19.1. The van der Waals surface area contributed by atoms with Gasteiger partial charge in [-0.25, -0.2) is 23.4 Å². The molecule has 0 amide bonds. The van der Waals surface area contributed by atoms with E-state index in [0.717, 1.165) is 17.9 Å². The van der Waals surface area contributed by atoms with Crippen LogP contribution in [0.5, 0.6) is 11.5 Å². The first-order chi connectivity index (χ1) is 16.5. The highest BCUT2D eigenvalue weighted by atomic mass is 32.2. The largest absolute Gasteiger partial charge is 0.490 e. The monoisotopic (exact) mass is 478 g/mol. The molecule has 174 valence electrons. The molecule has 4 aromatic rings. The van der Waals surface area contributed by atoms with Gasteiger partial charge in [-0.1, -0.05) is 0 Å². The van der Waals surface area contributed by atoms with Gasteiger partial charge in [0.05, 0.1) is 18.1 Å². The summed E-state index contributed by atoms with van der Waals surface area (Å²) in [5.74, 6) is 3.07. The molecule has 2 aromatic carbocycles. The van der Waals surface area contributed by atoms with E-state index in [4.69, 9.17) is 9.47 Å². The molecule has 0 bridgehead atoms. The summed E-state index contributed by atoms with van der Waals surface area (Å²) in [5, 5.41) is 3.20. The van der Waals surface area contributed by atoms with Gasteiger partial charge >= 0.3 is 0 Å². The van der Waals surface area contributed by atoms with Crippen molar-refractivity contribution in [1.82, 2.24) is 19.5 Å². The van der Waals surface area contributed by atoms with Crippen LogP contribution in [0.15, 0.2) is 72.1 Å². The van der Waals surface area contributed by atoms with E-state index < -0.39 is 10.0 Å². The summed E-state index contributed by atoms with van der Waals surface area (Å²) in [6.45, 7) is 2.91. The zero-order valence-electron chi connectivity index (χ0n) is 18.3. The fourth-order valence-electron chi connectivity index (χ4n) is 3.46. The average molecular weight is 479 g/mol. The van der Waals surface area contributed by atoms with E-state index in [9.17, 15) is 8.42 Å². The Morgan fingerprint density at radius 2 is 1.68 bits per heavy atom. The normalized spacial score (nSPS) is 13.2. The van der Waals surface area contributed by atoms with Crippen LogP contribution in [0.2, 0.25) is 0 Å². The second-order valence-electron chi connectivity index (χ2n) is 7.57. The number of rotatable bonds is 6. The van der Waals surface area contributed by atoms with E-state index in [1.165, 1.54) is 18.5 Å². The quantitative estimate of drug-likeness (QED) is 0.431. The fourth-order valence-corrected chi connectivity index (χ4v) is 4.54. The molecule has 3 heterocycles. The lowest BCUT2D eigenvalue weighted by Crippen LogP contribution is -2.13. The summed E-state index contributed by atoms with van der Waals surface area (Å²) in [5.41, 5.74) is 1.17. The molecule has 10 nitrogen and oxygen atoms in total. The molecular formula is C23H22N6O4S. The minimum absolute atomic E-state index is 0.0993. The number of aromatic nitrogens is 4. The first kappa shape index (κ1) is 21.7. The van der Waals surface area contributed by atoms with Gasteiger partial charge in [0.1, 0.15) is 23.8 Å². The first-order valence-electron chi connectivity index (χ1n) is 10.6. The molecule has 2 aromatic heterocycles. The number of fused-ring (bicyclic) bond motifs is 1. The van der Waals surface area contributed by atoms with Crippen molar-refractivity contribution in [2.75, 3.05) is 23.3 Å². The maximum Gasteiger partial charge on any atom is 0.262 e. The molecule has 0 saturated heterocycles. The van der Waals surface area contributed by atoms with Crippen LogP contribution in [-0.4, -0.2) is 41.2 Å². The van der Waals surface area contributed by atoms with Gasteiger partial charge < -0.3 is 14.8 Å². The molecule has 2 N–H and O–H groups in total. The van der Waals surface area contributed by atoms with Crippen molar-refractivity contribution in [3.8, 4) is 17.3 Å². The molecule has 0 aliphatic carbocycles. The van der Waals surface area contributed by atoms with Gasteiger partial charge in [-0.05, 0) is 43.3 Å². The van der Waals surface area contributed by atoms with E-state index in [-0.39, 0.29) is 4.90 Å². The molecule has 0 radical (unpaired) electrons. The highest BCUT2D eigenvalue weighted by Gasteiger charge is 2.19. The van der Waals surface area contributed by atoms with Gasteiger partial charge in [0.25, 0.3) is 10.0 Å². The van der Waals surface area contributed by atoms with Crippen molar-refractivity contribution in [3.63, 3.8) is 0 Å². The van der Waals surface area contributed by atoms with Crippen LogP contribution in [0.4, 0.5) is 17.2 Å². The van der Waals surface area contributed by atoms with E-state index >= 15 is 0 Å². The van der Waals surface area contributed by atoms with Crippen molar-refractivity contribution in [1.29, 1.82) is 0 Å². The predicted molar refractivity (Wildman–Crippen MR) is 126 cm³/mol. The highest BCUT2D eigenvalue weighted by Crippen LogP contribution is 2.32. The molecule has 0 atom stereocenters. The Balaban J connectivity index is 1.29. The summed E-state index contributed by atoms with van der Waals surface area (Å²) in [7, 11) is -3.80. The van der Waals surface area contributed by atoms with E-state index in [2.05, 4.69) is 25.0 Å². The minimum atomic E-state index is -3.80. The van der Waals surface area contributed by atoms with Gasteiger partial charge in [-0.15, -0.1) is 0 Å². The SMILES string of the molecule is Cc1nccn1-c1cc(Nc2ccc(NS(=O)(=O)c3ccc4c(c3)OCCCO4)cc2)ncn1. The van der Waals surface area contributed by atoms with Gasteiger partial charge in [-0.2, -0.15) is 0 Å². The summed E-state index contributed by atoms with van der Waals surface area (Å²) < 4.78 is 41.4. The number of nitrogens with zero attached hydrogens (tertiary/aromatic N) is 4. The minimum Gasteiger partial charge on any atom is -0.490 e. The van der Waals surface area contributed by atoms with Crippen molar-refractivity contribution in [2.24, 2.45) is 0 Å². The van der Waals surface area contributed by atoms with E-state index in [1.54, 1.807) is 42.6 Å². The number of ether oxygens (including phenoxy) is 2. The number of nitrogens with one attached hydrogen (secondary N) is 2. The molecule has 0 saturated carbocycles. The van der Waals surface area contributed by atoms with E-state index in [1.807, 2.05) is 17.7 Å². The van der Waals surface area contributed by atoms with Gasteiger partial charge in [0.2, 0.25) is 0 Å². The van der Waals surface area contributed by atoms with Crippen LogP contribution < -0.4 is 19.5 Å². The third-order valence-electron chi connectivity index (χ3n) is 5.16. The zero-order chi connectivity index (χ0) is 23.5. The Kier molecular flexibility index (Phi) is 5.76. The predicted octanol–water partition coefficient (Wildman–Crippen LogP) is 3.68. The molecule has 5 rings (SSSR count). The standard InChI is InChI=1S/C23H22N6O4S/c1-16-24-9-10-29(16)23-14-22(25-15-26-23)27-17-3-5-18(6-4-17)28-34(30,31)19-7-8-20-21(13-19)33-12-2-11-32-20/h3-10,13-15,28H,2,11-12H2,1H3,(H,25,26,27). The highest BCUT2D eigenvalue weighted by molar-refractivity contribution is 7.92. The number of benzene rings is 2. The van der Waals surface area contributed by atoms with Crippen LogP contribution >= 0.6 is 0 Å². The Morgan fingerprint density at radius 3 is 2.44 bits per heavy atom. The van der Waals surface area contributed by atoms with Gasteiger partial charge in [0, 0.05) is 42.3 Å². The number of hydrogen-bond acceptors (Lipinski definition) is 8. The smallest absolute Gasteiger partial charge is 0.262 e. The molecule has 34 heavy (non-hydrogen) atoms. The maximum atomic E-state index is 12.9. The molecule has 0 unspecified atom stereocenters. The second kappa shape index (κ2) is 9.02. The lowest BCUT2D eigenvalue weighted by atomic mass is 10.3. The van der Waals surface area contributed by atoms with Gasteiger partial charge in [0.15, 0.2) is 11.5 Å². The Hall–Kier alpha value is -4.12. The summed E-state index contributed by atoms with van der Waals surface area (Å²) in [6.07, 6.45) is 5.74. The number of hydrogen-bond donors (Lipinski definition) is 2. The molecular weight excluding hydrogens is 456 g/mol. The number of imidazole rings is 1. The number of anilines is 3. The molecule has 11 heteroatoms. The summed E-state index contributed by atoms with van der Waals surface area (Å²) in [4.78, 5) is 12.8. The third kappa shape index (κ3) is 4.64.